The Hall–Kier alpha value is -4.49. The van der Waals surface area contributed by atoms with Gasteiger partial charge in [-0.2, -0.15) is 0 Å². The van der Waals surface area contributed by atoms with Crippen LogP contribution in [-0.4, -0.2) is 32.5 Å². The number of nitrogens with one attached hydrogen (secondary N) is 1. The number of non-ortho nitro benzene ring substituents is 1. The van der Waals surface area contributed by atoms with E-state index < -0.39 is 39.7 Å². The second-order valence-electron chi connectivity index (χ2n) is 9.33. The van der Waals surface area contributed by atoms with Gasteiger partial charge < -0.3 is 9.73 Å². The highest BCUT2D eigenvalue weighted by molar-refractivity contribution is 8.00. The van der Waals surface area contributed by atoms with Gasteiger partial charge in [-0.3, -0.25) is 33.9 Å². The van der Waals surface area contributed by atoms with Crippen molar-refractivity contribution in [1.29, 1.82) is 0 Å². The van der Waals surface area contributed by atoms with E-state index in [-0.39, 0.29) is 22.8 Å². The molecule has 6 rings (SSSR count). The SMILES string of the molecule is Cc1ccccc1NC(=O)Cn1c2c(sc1=O)C(c1ccco1)C1C(=O)N(c3ccc([N+](=O)[O-])cc3)C(=O)C1S2. The molecule has 0 aliphatic carbocycles. The van der Waals surface area contributed by atoms with E-state index in [0.717, 1.165) is 33.6 Å². The molecule has 2 aromatic heterocycles. The number of amides is 3. The Balaban J connectivity index is 1.37. The Morgan fingerprint density at radius 1 is 1.05 bits per heavy atom. The molecule has 0 saturated carbocycles. The average molecular weight is 577 g/mol. The monoisotopic (exact) mass is 576 g/mol. The summed E-state index contributed by atoms with van der Waals surface area (Å²) in [7, 11) is 0. The molecule has 3 unspecified atom stereocenters. The third-order valence-corrected chi connectivity index (χ3v) is 9.54. The van der Waals surface area contributed by atoms with Crippen LogP contribution in [0.25, 0.3) is 0 Å². The van der Waals surface area contributed by atoms with E-state index in [0.29, 0.717) is 21.4 Å². The summed E-state index contributed by atoms with van der Waals surface area (Å²) in [5.74, 6) is -2.59. The second kappa shape index (κ2) is 9.92. The number of hydrogen-bond donors (Lipinski definition) is 1. The first-order chi connectivity index (χ1) is 19.2. The Labute approximate surface area is 234 Å². The maximum absolute atomic E-state index is 13.8. The fourth-order valence-electron chi connectivity index (χ4n) is 5.05. The molecular weight excluding hydrogens is 556 g/mol. The molecule has 0 spiro atoms. The maximum Gasteiger partial charge on any atom is 0.308 e. The first-order valence-electron chi connectivity index (χ1n) is 12.2. The number of aryl methyl sites for hydroxylation is 1. The van der Waals surface area contributed by atoms with Gasteiger partial charge in [-0.25, -0.2) is 4.90 Å². The van der Waals surface area contributed by atoms with Crippen molar-refractivity contribution in [3.8, 4) is 0 Å². The van der Waals surface area contributed by atoms with E-state index >= 15 is 0 Å². The van der Waals surface area contributed by atoms with Gasteiger partial charge in [-0.05, 0) is 42.8 Å². The largest absolute Gasteiger partial charge is 0.469 e. The molecular formula is C27H20N4O7S2. The van der Waals surface area contributed by atoms with Crippen molar-refractivity contribution in [2.24, 2.45) is 5.92 Å². The van der Waals surface area contributed by atoms with Gasteiger partial charge in [0.25, 0.3) is 5.69 Å². The first-order valence-corrected chi connectivity index (χ1v) is 13.9. The number of benzene rings is 2. The molecule has 40 heavy (non-hydrogen) atoms. The molecule has 0 bridgehead atoms. The first kappa shape index (κ1) is 25.8. The minimum atomic E-state index is -0.898. The van der Waals surface area contributed by atoms with Crippen LogP contribution in [0.3, 0.4) is 0 Å². The second-order valence-corrected chi connectivity index (χ2v) is 11.5. The normalized spacial score (nSPS) is 19.8. The lowest BCUT2D eigenvalue weighted by Gasteiger charge is -2.29. The van der Waals surface area contributed by atoms with Crippen molar-refractivity contribution in [3.05, 3.63) is 103 Å². The van der Waals surface area contributed by atoms with Crippen LogP contribution in [-0.2, 0) is 20.9 Å². The molecule has 4 heterocycles. The summed E-state index contributed by atoms with van der Waals surface area (Å²) in [5.41, 5.74) is 1.54. The molecule has 1 N–H and O–H groups in total. The summed E-state index contributed by atoms with van der Waals surface area (Å²) >= 11 is 2.00. The summed E-state index contributed by atoms with van der Waals surface area (Å²) in [5, 5.41) is 13.4. The lowest BCUT2D eigenvalue weighted by atomic mass is 9.87. The number of aromatic nitrogens is 1. The maximum atomic E-state index is 13.8. The zero-order valence-electron chi connectivity index (χ0n) is 20.8. The summed E-state index contributed by atoms with van der Waals surface area (Å²) in [6.45, 7) is 1.58. The number of rotatable bonds is 6. The van der Waals surface area contributed by atoms with Gasteiger partial charge in [0, 0.05) is 17.8 Å². The predicted molar refractivity (Wildman–Crippen MR) is 148 cm³/mol. The van der Waals surface area contributed by atoms with E-state index in [1.54, 1.807) is 24.3 Å². The van der Waals surface area contributed by atoms with E-state index in [9.17, 15) is 29.3 Å². The number of imide groups is 1. The van der Waals surface area contributed by atoms with Crippen molar-refractivity contribution in [3.63, 3.8) is 0 Å². The number of para-hydroxylation sites is 1. The molecule has 3 atom stereocenters. The minimum Gasteiger partial charge on any atom is -0.469 e. The summed E-state index contributed by atoms with van der Waals surface area (Å²) in [6, 6.07) is 15.8. The number of carbonyl (C=O) groups is 3. The molecule has 11 nitrogen and oxygen atoms in total. The smallest absolute Gasteiger partial charge is 0.308 e. The van der Waals surface area contributed by atoms with Crippen LogP contribution < -0.4 is 15.1 Å². The van der Waals surface area contributed by atoms with Crippen molar-refractivity contribution < 1.29 is 23.7 Å². The van der Waals surface area contributed by atoms with E-state index in [4.69, 9.17) is 4.42 Å². The number of hydrogen-bond acceptors (Lipinski definition) is 9. The average Bonchev–Trinajstić information content (AvgIpc) is 3.63. The number of nitro benzene ring substituents is 1. The molecule has 13 heteroatoms. The molecule has 2 aliphatic heterocycles. The molecule has 1 saturated heterocycles. The van der Waals surface area contributed by atoms with Gasteiger partial charge in [-0.15, -0.1) is 0 Å². The number of furan rings is 1. The fourth-order valence-corrected chi connectivity index (χ4v) is 7.81. The van der Waals surface area contributed by atoms with Gasteiger partial charge in [0.2, 0.25) is 17.7 Å². The Kier molecular flexibility index (Phi) is 6.39. The number of nitro groups is 1. The highest BCUT2D eigenvalue weighted by Gasteiger charge is 2.57. The topological polar surface area (TPSA) is 145 Å². The van der Waals surface area contributed by atoms with Gasteiger partial charge >= 0.3 is 4.87 Å². The summed E-state index contributed by atoms with van der Waals surface area (Å²) < 4.78 is 7.01. The fraction of sp³-hybridized carbons (Fsp3) is 0.185. The molecule has 4 aromatic rings. The van der Waals surface area contributed by atoms with Gasteiger partial charge in [0.15, 0.2) is 0 Å². The van der Waals surface area contributed by atoms with Crippen molar-refractivity contribution in [2.45, 2.75) is 29.7 Å². The molecule has 2 aliphatic rings. The zero-order chi connectivity index (χ0) is 28.1. The zero-order valence-corrected chi connectivity index (χ0v) is 22.4. The number of anilines is 2. The number of carbonyl (C=O) groups excluding carboxylic acids is 3. The number of thioether (sulfide) groups is 1. The highest BCUT2D eigenvalue weighted by atomic mass is 32.2. The van der Waals surface area contributed by atoms with E-state index in [1.165, 1.54) is 35.1 Å². The van der Waals surface area contributed by atoms with Crippen LogP contribution in [0, 0.1) is 23.0 Å². The summed E-state index contributed by atoms with van der Waals surface area (Å²) in [4.78, 5) is 65.3. The van der Waals surface area contributed by atoms with Crippen LogP contribution in [0.15, 0.2) is 81.2 Å². The Morgan fingerprint density at radius 2 is 1.80 bits per heavy atom. The summed E-state index contributed by atoms with van der Waals surface area (Å²) in [6.07, 6.45) is 1.45. The quantitative estimate of drug-likeness (QED) is 0.205. The highest BCUT2D eigenvalue weighted by Crippen LogP contribution is 2.54. The van der Waals surface area contributed by atoms with E-state index in [2.05, 4.69) is 5.32 Å². The number of thiazole rings is 1. The van der Waals surface area contributed by atoms with Gasteiger partial charge in [-0.1, -0.05) is 41.3 Å². The van der Waals surface area contributed by atoms with Crippen molar-refractivity contribution in [1.82, 2.24) is 4.57 Å². The van der Waals surface area contributed by atoms with Crippen LogP contribution >= 0.6 is 23.1 Å². The molecule has 2 aromatic carbocycles. The van der Waals surface area contributed by atoms with Crippen LogP contribution in [0.2, 0.25) is 0 Å². The van der Waals surface area contributed by atoms with Crippen molar-refractivity contribution >= 4 is 57.9 Å². The third kappa shape index (κ3) is 4.23. The Bertz CT molecular complexity index is 1730. The van der Waals surface area contributed by atoms with Gasteiger partial charge in [0.1, 0.15) is 17.6 Å². The van der Waals surface area contributed by atoms with Crippen LogP contribution in [0.4, 0.5) is 17.1 Å². The number of nitrogens with zero attached hydrogens (tertiary/aromatic N) is 3. The lowest BCUT2D eigenvalue weighted by molar-refractivity contribution is -0.384. The third-order valence-electron chi connectivity index (χ3n) is 6.94. The minimum absolute atomic E-state index is 0.168. The standard InChI is InChI=1S/C27H20N4O7S2/c1-14-5-2-3-6-17(14)28-19(32)13-29-26-23(40-27(29)35)20(18-7-4-12-38-18)21-22(39-26)25(34)30(24(21)33)15-8-10-16(11-9-15)31(36)37/h2-12,20-22H,13H2,1H3,(H,28,32). The van der Waals surface area contributed by atoms with Crippen LogP contribution in [0.5, 0.6) is 0 Å². The van der Waals surface area contributed by atoms with Crippen LogP contribution in [0.1, 0.15) is 22.1 Å². The van der Waals surface area contributed by atoms with E-state index in [1.807, 2.05) is 19.1 Å². The van der Waals surface area contributed by atoms with Crippen molar-refractivity contribution in [2.75, 3.05) is 10.2 Å². The predicted octanol–water partition coefficient (Wildman–Crippen LogP) is 4.15. The lowest BCUT2D eigenvalue weighted by Crippen LogP contribution is -2.32. The molecule has 3 amide bonds. The molecule has 1 fully saturated rings. The van der Waals surface area contributed by atoms with Gasteiger partial charge in [0.05, 0.1) is 38.6 Å². The molecule has 202 valence electrons. The molecule has 0 radical (unpaired) electrons. The number of fused-ring (bicyclic) bond motifs is 2. The Morgan fingerprint density at radius 3 is 2.48 bits per heavy atom.